The maximum absolute atomic E-state index is 11.9. The van der Waals surface area contributed by atoms with Crippen molar-refractivity contribution in [1.29, 1.82) is 0 Å². The highest BCUT2D eigenvalue weighted by Crippen LogP contribution is 2.34. The molecule has 3 aromatic rings. The first-order valence-corrected chi connectivity index (χ1v) is 11.9. The Morgan fingerprint density at radius 3 is 2.32 bits per heavy atom. The molecule has 11 nitrogen and oxygen atoms in total. The normalized spacial score (nSPS) is 11.1. The van der Waals surface area contributed by atoms with Gasteiger partial charge in [-0.05, 0) is 61.5 Å². The van der Waals surface area contributed by atoms with Crippen molar-refractivity contribution < 1.29 is 42.8 Å². The fourth-order valence-corrected chi connectivity index (χ4v) is 3.69. The molecule has 196 valence electrons. The van der Waals surface area contributed by atoms with Crippen LogP contribution in [-0.4, -0.2) is 61.3 Å². The second kappa shape index (κ2) is 13.2. The van der Waals surface area contributed by atoms with Crippen molar-refractivity contribution in [1.82, 2.24) is 10.2 Å². The minimum absolute atomic E-state index is 0.0323. The molecular weight excluding hydrogens is 504 g/mol. The van der Waals surface area contributed by atoms with Gasteiger partial charge in [-0.25, -0.2) is 9.59 Å². The van der Waals surface area contributed by atoms with E-state index in [-0.39, 0.29) is 29.2 Å². The molecular formula is C25H26N2O9S. The fraction of sp³-hybridized carbons (Fsp3) is 0.280. The molecule has 37 heavy (non-hydrogen) atoms. The van der Waals surface area contributed by atoms with E-state index in [9.17, 15) is 14.7 Å². The summed E-state index contributed by atoms with van der Waals surface area (Å²) >= 11 is 0.796. The Kier molecular flexibility index (Phi) is 9.78. The smallest absolute Gasteiger partial charge is 0.344 e. The van der Waals surface area contributed by atoms with Crippen LogP contribution in [0.2, 0.25) is 0 Å². The summed E-state index contributed by atoms with van der Waals surface area (Å²) < 4.78 is 32.1. The average molecular weight is 531 g/mol. The van der Waals surface area contributed by atoms with Gasteiger partial charge in [0, 0.05) is 11.6 Å². The number of hydrogen-bond donors (Lipinski definition) is 1. The number of aromatic nitrogens is 2. The third-order valence-corrected chi connectivity index (χ3v) is 5.48. The summed E-state index contributed by atoms with van der Waals surface area (Å²) in [5.74, 6) is 0.221. The molecule has 0 radical (unpaired) electrons. The average Bonchev–Trinajstić information content (AvgIpc) is 3.36. The lowest BCUT2D eigenvalue weighted by atomic mass is 10.2. The molecule has 0 spiro atoms. The number of carboxylic acids is 1. The molecule has 0 amide bonds. The van der Waals surface area contributed by atoms with E-state index in [1.807, 2.05) is 0 Å². The first-order valence-electron chi connectivity index (χ1n) is 11.1. The number of hydrogen-bond acceptors (Lipinski definition) is 11. The summed E-state index contributed by atoms with van der Waals surface area (Å²) in [6, 6.07) is 9.91. The molecule has 2 aromatic carbocycles. The molecule has 0 bridgehead atoms. The van der Waals surface area contributed by atoms with Gasteiger partial charge in [-0.2, -0.15) is 0 Å². The van der Waals surface area contributed by atoms with Crippen LogP contribution in [0, 0.1) is 0 Å². The minimum Gasteiger partial charge on any atom is -0.497 e. The topological polar surface area (TPSA) is 139 Å². The zero-order valence-corrected chi connectivity index (χ0v) is 21.5. The SMILES string of the molecule is CCOC(=O)COc1ccc(/C=C(\Sc2nnc(-c3cc(OC)cc(OC)c3)o2)C(=O)O)cc1OCC. The Morgan fingerprint density at radius 2 is 1.70 bits per heavy atom. The third-order valence-electron chi connectivity index (χ3n) is 4.63. The molecule has 0 aliphatic carbocycles. The lowest BCUT2D eigenvalue weighted by molar-refractivity contribution is -0.145. The zero-order valence-electron chi connectivity index (χ0n) is 20.7. The Bertz CT molecular complexity index is 1250. The quantitative estimate of drug-likeness (QED) is 0.191. The van der Waals surface area contributed by atoms with Gasteiger partial charge in [0.15, 0.2) is 18.1 Å². The maximum Gasteiger partial charge on any atom is 0.344 e. The van der Waals surface area contributed by atoms with Gasteiger partial charge in [-0.3, -0.25) is 0 Å². The van der Waals surface area contributed by atoms with E-state index in [0.717, 1.165) is 11.8 Å². The lowest BCUT2D eigenvalue weighted by Gasteiger charge is -2.12. The number of aliphatic carboxylic acids is 1. The van der Waals surface area contributed by atoms with E-state index in [1.165, 1.54) is 20.3 Å². The summed E-state index contributed by atoms with van der Waals surface area (Å²) in [6.45, 7) is 3.80. The van der Waals surface area contributed by atoms with E-state index in [2.05, 4.69) is 10.2 Å². The molecule has 3 rings (SSSR count). The molecule has 1 heterocycles. The second-order valence-electron chi connectivity index (χ2n) is 7.12. The van der Waals surface area contributed by atoms with E-state index in [0.29, 0.717) is 40.7 Å². The molecule has 0 atom stereocenters. The highest BCUT2D eigenvalue weighted by atomic mass is 32.2. The van der Waals surface area contributed by atoms with Gasteiger partial charge in [0.2, 0.25) is 5.89 Å². The Balaban J connectivity index is 1.82. The Labute approximate surface area is 217 Å². The molecule has 0 fully saturated rings. The van der Waals surface area contributed by atoms with E-state index < -0.39 is 11.9 Å². The number of nitrogens with zero attached hydrogens (tertiary/aromatic N) is 2. The van der Waals surface area contributed by atoms with Gasteiger partial charge in [0.05, 0.1) is 27.4 Å². The highest BCUT2D eigenvalue weighted by Gasteiger charge is 2.18. The first kappa shape index (κ1) is 27.4. The fourth-order valence-electron chi connectivity index (χ4n) is 3.02. The molecule has 1 aromatic heterocycles. The van der Waals surface area contributed by atoms with Crippen LogP contribution >= 0.6 is 11.8 Å². The third kappa shape index (κ3) is 7.64. The minimum atomic E-state index is -1.19. The van der Waals surface area contributed by atoms with Crippen molar-refractivity contribution in [2.24, 2.45) is 0 Å². The monoisotopic (exact) mass is 530 g/mol. The number of thioether (sulfide) groups is 1. The molecule has 0 saturated heterocycles. The molecule has 0 unspecified atom stereocenters. The second-order valence-corrected chi connectivity index (χ2v) is 8.12. The van der Waals surface area contributed by atoms with Crippen molar-refractivity contribution in [3.63, 3.8) is 0 Å². The summed E-state index contributed by atoms with van der Waals surface area (Å²) in [7, 11) is 3.04. The predicted octanol–water partition coefficient (Wildman–Crippen LogP) is 4.31. The molecule has 0 saturated carbocycles. The number of ether oxygens (including phenoxy) is 5. The van der Waals surface area contributed by atoms with Crippen LogP contribution in [0.25, 0.3) is 17.5 Å². The van der Waals surface area contributed by atoms with Gasteiger partial charge < -0.3 is 33.2 Å². The van der Waals surface area contributed by atoms with Crippen LogP contribution in [0.15, 0.2) is 50.9 Å². The van der Waals surface area contributed by atoms with E-state index >= 15 is 0 Å². The molecule has 1 N–H and O–H groups in total. The van der Waals surface area contributed by atoms with Gasteiger partial charge in [-0.15, -0.1) is 10.2 Å². The lowest BCUT2D eigenvalue weighted by Crippen LogP contribution is -2.15. The van der Waals surface area contributed by atoms with Crippen LogP contribution in [0.3, 0.4) is 0 Å². The molecule has 12 heteroatoms. The number of carbonyl (C=O) groups is 2. The summed E-state index contributed by atoms with van der Waals surface area (Å²) in [6.07, 6.45) is 1.43. The Morgan fingerprint density at radius 1 is 0.973 bits per heavy atom. The van der Waals surface area contributed by atoms with Crippen LogP contribution in [0.4, 0.5) is 0 Å². The number of esters is 1. The zero-order chi connectivity index (χ0) is 26.8. The number of benzene rings is 2. The van der Waals surface area contributed by atoms with Crippen molar-refractivity contribution in [3.8, 4) is 34.5 Å². The van der Waals surface area contributed by atoms with Crippen LogP contribution in [-0.2, 0) is 14.3 Å². The summed E-state index contributed by atoms with van der Waals surface area (Å²) in [5, 5.41) is 17.8. The van der Waals surface area contributed by atoms with Crippen LogP contribution < -0.4 is 18.9 Å². The van der Waals surface area contributed by atoms with Crippen molar-refractivity contribution in [2.45, 2.75) is 19.1 Å². The van der Waals surface area contributed by atoms with Crippen molar-refractivity contribution >= 4 is 29.8 Å². The van der Waals surface area contributed by atoms with Crippen molar-refractivity contribution in [3.05, 3.63) is 46.9 Å². The van der Waals surface area contributed by atoms with E-state index in [1.54, 1.807) is 50.2 Å². The number of carbonyl (C=O) groups excluding carboxylic acids is 1. The largest absolute Gasteiger partial charge is 0.497 e. The summed E-state index contributed by atoms with van der Waals surface area (Å²) in [5.41, 5.74) is 1.07. The van der Waals surface area contributed by atoms with Crippen molar-refractivity contribution in [2.75, 3.05) is 34.0 Å². The predicted molar refractivity (Wildman–Crippen MR) is 134 cm³/mol. The highest BCUT2D eigenvalue weighted by molar-refractivity contribution is 8.03. The first-order chi connectivity index (χ1) is 17.9. The van der Waals surface area contributed by atoms with Gasteiger partial charge in [0.25, 0.3) is 5.22 Å². The standard InChI is InChI=1S/C25H26N2O9S/c1-5-33-20-9-15(7-8-19(20)35-14-22(28)34-6-2)10-21(24(29)30)37-25-27-26-23(36-25)16-11-17(31-3)13-18(12-16)32-4/h7-13H,5-6,14H2,1-4H3,(H,29,30)/b21-10-. The molecule has 0 aliphatic rings. The van der Waals surface area contributed by atoms with Crippen LogP contribution in [0.1, 0.15) is 19.4 Å². The maximum atomic E-state index is 11.9. The number of rotatable bonds is 13. The Hall–Kier alpha value is -4.19. The van der Waals surface area contributed by atoms with Gasteiger partial charge in [0.1, 0.15) is 16.4 Å². The van der Waals surface area contributed by atoms with E-state index in [4.69, 9.17) is 28.1 Å². The molecule has 0 aliphatic heterocycles. The van der Waals surface area contributed by atoms with Crippen LogP contribution in [0.5, 0.6) is 23.0 Å². The number of carboxylic acid groups (broad SMARTS) is 1. The van der Waals surface area contributed by atoms with Gasteiger partial charge >= 0.3 is 11.9 Å². The number of methoxy groups -OCH3 is 2. The van der Waals surface area contributed by atoms with Gasteiger partial charge in [-0.1, -0.05) is 6.07 Å². The summed E-state index contributed by atoms with van der Waals surface area (Å²) in [4.78, 5) is 23.5.